The summed E-state index contributed by atoms with van der Waals surface area (Å²) in [6.45, 7) is 1.28. The van der Waals surface area contributed by atoms with Gasteiger partial charge in [-0.25, -0.2) is 9.18 Å². The number of urea groups is 1. The summed E-state index contributed by atoms with van der Waals surface area (Å²) in [6, 6.07) is 3.53. The highest BCUT2D eigenvalue weighted by Gasteiger charge is 2.27. The lowest BCUT2D eigenvalue weighted by Gasteiger charge is -2.21. The monoisotopic (exact) mass is 402 g/mol. The lowest BCUT2D eigenvalue weighted by Crippen LogP contribution is -2.39. The van der Waals surface area contributed by atoms with Crippen LogP contribution >= 0.6 is 34.8 Å². The minimum atomic E-state index is -0.537. The van der Waals surface area contributed by atoms with Crippen LogP contribution in [0.25, 0.3) is 0 Å². The van der Waals surface area contributed by atoms with E-state index >= 15 is 0 Å². The van der Waals surface area contributed by atoms with Gasteiger partial charge in [0.25, 0.3) is 0 Å². The Balaban J connectivity index is 1.59. The van der Waals surface area contributed by atoms with Crippen LogP contribution in [-0.2, 0) is 0 Å². The van der Waals surface area contributed by atoms with Gasteiger partial charge in [-0.3, -0.25) is 4.98 Å². The standard InChI is InChI=1S/C16H14Cl3FN4O/c17-11-5-9(1-2-14(11)20)22-16(25)23-10-3-4-24(8-10)15-12(18)6-21-7-13(15)19/h1-2,5-7,10H,3-4,8H2,(H2,22,23,25)/t10-/m0/s1. The van der Waals surface area contributed by atoms with E-state index in [1.165, 1.54) is 30.6 Å². The first-order valence-corrected chi connectivity index (χ1v) is 8.64. The minimum Gasteiger partial charge on any atom is -0.367 e. The van der Waals surface area contributed by atoms with Gasteiger partial charge in [0.1, 0.15) is 5.82 Å². The fourth-order valence-corrected chi connectivity index (χ4v) is 3.50. The molecule has 5 nitrogen and oxygen atoms in total. The fraction of sp³-hybridized carbons (Fsp3) is 0.250. The Labute approximate surface area is 159 Å². The third kappa shape index (κ3) is 4.26. The number of nitrogens with one attached hydrogen (secondary N) is 2. The van der Waals surface area contributed by atoms with Crippen LogP contribution in [0.2, 0.25) is 15.1 Å². The zero-order valence-corrected chi connectivity index (χ0v) is 15.2. The van der Waals surface area contributed by atoms with Crippen molar-refractivity contribution in [3.05, 3.63) is 51.5 Å². The number of rotatable bonds is 3. The van der Waals surface area contributed by atoms with Crippen molar-refractivity contribution in [2.75, 3.05) is 23.3 Å². The van der Waals surface area contributed by atoms with Crippen molar-refractivity contribution < 1.29 is 9.18 Å². The number of carbonyl (C=O) groups excluding carboxylic acids is 1. The minimum absolute atomic E-state index is 0.0492. The van der Waals surface area contributed by atoms with Crippen molar-refractivity contribution in [3.8, 4) is 0 Å². The Morgan fingerprint density at radius 1 is 1.20 bits per heavy atom. The highest BCUT2D eigenvalue weighted by atomic mass is 35.5. The number of pyridine rings is 1. The van der Waals surface area contributed by atoms with Crippen molar-refractivity contribution in [1.29, 1.82) is 0 Å². The van der Waals surface area contributed by atoms with Crippen LogP contribution in [0.1, 0.15) is 6.42 Å². The Morgan fingerprint density at radius 2 is 1.92 bits per heavy atom. The van der Waals surface area contributed by atoms with Gasteiger partial charge in [-0.05, 0) is 24.6 Å². The predicted octanol–water partition coefficient (Wildman–Crippen LogP) is 4.58. The second kappa shape index (κ2) is 7.64. The van der Waals surface area contributed by atoms with Gasteiger partial charge in [0.05, 0.1) is 20.8 Å². The molecule has 9 heteroatoms. The molecule has 1 atom stereocenters. The fourth-order valence-electron chi connectivity index (χ4n) is 2.71. The molecule has 2 amide bonds. The molecule has 2 aromatic rings. The van der Waals surface area contributed by atoms with Crippen molar-refractivity contribution in [2.45, 2.75) is 12.5 Å². The summed E-state index contributed by atoms with van der Waals surface area (Å²) in [6.07, 6.45) is 3.82. The molecule has 132 valence electrons. The second-order valence-electron chi connectivity index (χ2n) is 5.61. The molecule has 1 fully saturated rings. The number of hydrogen-bond acceptors (Lipinski definition) is 3. The second-order valence-corrected chi connectivity index (χ2v) is 6.83. The molecule has 1 aliphatic heterocycles. The molecule has 0 aliphatic carbocycles. The summed E-state index contributed by atoms with van der Waals surface area (Å²) in [5.74, 6) is -0.537. The normalized spacial score (nSPS) is 16.8. The molecule has 2 heterocycles. The maximum Gasteiger partial charge on any atom is 0.319 e. The van der Waals surface area contributed by atoms with Crippen LogP contribution in [0, 0.1) is 5.82 Å². The van der Waals surface area contributed by atoms with Gasteiger partial charge in [0.2, 0.25) is 0 Å². The van der Waals surface area contributed by atoms with Gasteiger partial charge >= 0.3 is 6.03 Å². The smallest absolute Gasteiger partial charge is 0.319 e. The molecule has 1 aliphatic rings. The first-order valence-electron chi connectivity index (χ1n) is 7.50. The van der Waals surface area contributed by atoms with E-state index in [4.69, 9.17) is 34.8 Å². The number of carbonyl (C=O) groups is 1. The third-order valence-electron chi connectivity index (χ3n) is 3.85. The topological polar surface area (TPSA) is 57.3 Å². The lowest BCUT2D eigenvalue weighted by atomic mass is 10.2. The van der Waals surface area contributed by atoms with Crippen LogP contribution in [0.5, 0.6) is 0 Å². The summed E-state index contributed by atoms with van der Waals surface area (Å²) in [5.41, 5.74) is 1.13. The quantitative estimate of drug-likeness (QED) is 0.788. The first-order chi connectivity index (χ1) is 11.9. The molecule has 0 spiro atoms. The number of benzene rings is 1. The highest BCUT2D eigenvalue weighted by molar-refractivity contribution is 6.38. The van der Waals surface area contributed by atoms with Crippen LogP contribution in [-0.4, -0.2) is 30.1 Å². The largest absolute Gasteiger partial charge is 0.367 e. The molecule has 0 bridgehead atoms. The van der Waals surface area contributed by atoms with Crippen molar-refractivity contribution in [2.24, 2.45) is 0 Å². The Bertz CT molecular complexity index is 785. The molecule has 0 radical (unpaired) electrons. The average molecular weight is 404 g/mol. The van der Waals surface area contributed by atoms with Gasteiger partial charge in [-0.2, -0.15) is 0 Å². The molecular formula is C16H14Cl3FN4O. The van der Waals surface area contributed by atoms with Gasteiger partial charge in [-0.1, -0.05) is 34.8 Å². The van der Waals surface area contributed by atoms with Gasteiger partial charge in [0.15, 0.2) is 0 Å². The average Bonchev–Trinajstić information content (AvgIpc) is 2.98. The van der Waals surface area contributed by atoms with Crippen molar-refractivity contribution in [3.63, 3.8) is 0 Å². The predicted molar refractivity (Wildman–Crippen MR) is 98.4 cm³/mol. The number of nitrogens with zero attached hydrogens (tertiary/aromatic N) is 2. The summed E-state index contributed by atoms with van der Waals surface area (Å²) < 4.78 is 13.1. The van der Waals surface area contributed by atoms with E-state index in [0.717, 1.165) is 6.42 Å². The SMILES string of the molecule is O=C(Nc1ccc(F)c(Cl)c1)N[C@H]1CCN(c2c(Cl)cncc2Cl)C1. The molecular weight excluding hydrogens is 390 g/mol. The summed E-state index contributed by atoms with van der Waals surface area (Å²) in [7, 11) is 0. The Kier molecular flexibility index (Phi) is 5.51. The van der Waals surface area contributed by atoms with E-state index < -0.39 is 5.82 Å². The number of halogens is 4. The first kappa shape index (κ1) is 18.0. The van der Waals surface area contributed by atoms with Gasteiger partial charge in [-0.15, -0.1) is 0 Å². The molecule has 2 N–H and O–H groups in total. The van der Waals surface area contributed by atoms with E-state index in [9.17, 15) is 9.18 Å². The van der Waals surface area contributed by atoms with Crippen LogP contribution in [0.3, 0.4) is 0 Å². The lowest BCUT2D eigenvalue weighted by molar-refractivity contribution is 0.249. The van der Waals surface area contributed by atoms with Gasteiger partial charge in [0, 0.05) is 37.2 Å². The van der Waals surface area contributed by atoms with Crippen molar-refractivity contribution >= 4 is 52.2 Å². The zero-order chi connectivity index (χ0) is 18.0. The van der Waals surface area contributed by atoms with Crippen LogP contribution in [0.4, 0.5) is 20.6 Å². The number of amides is 2. The maximum atomic E-state index is 13.1. The van der Waals surface area contributed by atoms with Crippen LogP contribution in [0.15, 0.2) is 30.6 Å². The van der Waals surface area contributed by atoms with Crippen LogP contribution < -0.4 is 15.5 Å². The Hall–Kier alpha value is -1.76. The summed E-state index contributed by atoms with van der Waals surface area (Å²) in [4.78, 5) is 18.0. The number of anilines is 2. The molecule has 0 saturated carbocycles. The molecule has 1 aromatic carbocycles. The molecule has 25 heavy (non-hydrogen) atoms. The zero-order valence-electron chi connectivity index (χ0n) is 12.9. The van der Waals surface area contributed by atoms with E-state index in [2.05, 4.69) is 15.6 Å². The van der Waals surface area contributed by atoms with E-state index in [1.807, 2.05) is 4.90 Å². The molecule has 1 aromatic heterocycles. The summed E-state index contributed by atoms with van der Waals surface area (Å²) >= 11 is 18.0. The third-order valence-corrected chi connectivity index (χ3v) is 4.69. The Morgan fingerprint density at radius 3 is 2.60 bits per heavy atom. The molecule has 3 rings (SSSR count). The molecule has 0 unspecified atom stereocenters. The maximum absolute atomic E-state index is 13.1. The van der Waals surface area contributed by atoms with E-state index in [1.54, 1.807) is 0 Å². The molecule has 1 saturated heterocycles. The van der Waals surface area contributed by atoms with Crippen molar-refractivity contribution in [1.82, 2.24) is 10.3 Å². The van der Waals surface area contributed by atoms with E-state index in [-0.39, 0.29) is 17.1 Å². The summed E-state index contributed by atoms with van der Waals surface area (Å²) in [5, 5.41) is 6.39. The number of hydrogen-bond donors (Lipinski definition) is 2. The highest BCUT2D eigenvalue weighted by Crippen LogP contribution is 2.34. The van der Waals surface area contributed by atoms with Gasteiger partial charge < -0.3 is 15.5 Å². The number of aromatic nitrogens is 1. The van der Waals surface area contributed by atoms with E-state index in [0.29, 0.717) is 34.5 Å².